The van der Waals surface area contributed by atoms with Gasteiger partial charge < -0.3 is 25.0 Å². The van der Waals surface area contributed by atoms with Gasteiger partial charge in [0.05, 0.1) is 30.3 Å². The number of amides is 1. The maximum atomic E-state index is 12.1. The number of morpholine rings is 1. The number of aromatic nitrogens is 4. The maximum Gasteiger partial charge on any atom is 0.327 e. The van der Waals surface area contributed by atoms with E-state index in [2.05, 4.69) is 31.8 Å². The number of rotatable bonds is 6. The molecule has 0 spiro atoms. The van der Waals surface area contributed by atoms with Crippen molar-refractivity contribution in [3.05, 3.63) is 36.0 Å². The molecule has 0 aliphatic carbocycles. The molecule has 32 heavy (non-hydrogen) atoms. The molecule has 0 unspecified atom stereocenters. The number of nitrogens with zero attached hydrogens (tertiary/aromatic N) is 6. The van der Waals surface area contributed by atoms with Crippen molar-refractivity contribution in [3.63, 3.8) is 0 Å². The van der Waals surface area contributed by atoms with Crippen LogP contribution >= 0.6 is 11.3 Å². The summed E-state index contributed by atoms with van der Waals surface area (Å²) >= 11 is 1.30. The van der Waals surface area contributed by atoms with E-state index in [0.717, 1.165) is 11.3 Å². The quantitative estimate of drug-likeness (QED) is 0.598. The summed E-state index contributed by atoms with van der Waals surface area (Å²) in [6, 6.07) is 7.17. The highest BCUT2D eigenvalue weighted by atomic mass is 32.1. The van der Waals surface area contributed by atoms with Gasteiger partial charge in [0.15, 0.2) is 11.0 Å². The third-order valence-electron chi connectivity index (χ3n) is 5.02. The van der Waals surface area contributed by atoms with Crippen molar-refractivity contribution in [2.24, 2.45) is 0 Å². The first kappa shape index (κ1) is 21.9. The van der Waals surface area contributed by atoms with Crippen molar-refractivity contribution < 1.29 is 14.3 Å². The Hall–Kier alpha value is -3.31. The van der Waals surface area contributed by atoms with Crippen LogP contribution in [-0.4, -0.2) is 70.6 Å². The van der Waals surface area contributed by atoms with Gasteiger partial charge in [0.2, 0.25) is 5.95 Å². The standard InChI is InChI=1S/C21H25N7O3S/c1-4-14-12-30-10-9-28(14)20-24-17(16-11-23-19(22)32-16)25-21(26-20)31-15-7-5-13(6-8-15)18(29)27(2)3/h5-8,11,14H,4,9-10,12H2,1-3H3,(H2,22,23)/t14-/m0/s1. The van der Waals surface area contributed by atoms with Crippen LogP contribution in [0.15, 0.2) is 30.5 Å². The zero-order valence-corrected chi connectivity index (χ0v) is 19.0. The second-order valence-electron chi connectivity index (χ2n) is 7.46. The molecule has 168 valence electrons. The van der Waals surface area contributed by atoms with E-state index in [-0.39, 0.29) is 18.0 Å². The van der Waals surface area contributed by atoms with Crippen molar-refractivity contribution in [1.29, 1.82) is 0 Å². The normalized spacial score (nSPS) is 16.1. The van der Waals surface area contributed by atoms with E-state index in [1.165, 1.54) is 16.2 Å². The molecule has 1 atom stereocenters. The molecule has 1 amide bonds. The Labute approximate surface area is 190 Å². The second-order valence-corrected chi connectivity index (χ2v) is 8.52. The predicted octanol–water partition coefficient (Wildman–Crippen LogP) is 2.69. The van der Waals surface area contributed by atoms with Crippen LogP contribution in [0.1, 0.15) is 23.7 Å². The van der Waals surface area contributed by atoms with Gasteiger partial charge in [-0.3, -0.25) is 4.79 Å². The summed E-state index contributed by atoms with van der Waals surface area (Å²) in [6.45, 7) is 3.99. The minimum Gasteiger partial charge on any atom is -0.424 e. The van der Waals surface area contributed by atoms with Gasteiger partial charge >= 0.3 is 6.01 Å². The molecule has 4 rings (SSSR count). The molecule has 0 saturated carbocycles. The first-order chi connectivity index (χ1) is 15.4. The SMILES string of the molecule is CC[C@H]1COCCN1c1nc(Oc2ccc(C(=O)N(C)C)cc2)nc(-c2cnc(N)s2)n1. The zero-order chi connectivity index (χ0) is 22.7. The first-order valence-electron chi connectivity index (χ1n) is 10.3. The number of hydrogen-bond acceptors (Lipinski definition) is 10. The molecule has 0 radical (unpaired) electrons. The van der Waals surface area contributed by atoms with E-state index in [1.807, 2.05) is 0 Å². The molecule has 1 saturated heterocycles. The average molecular weight is 456 g/mol. The van der Waals surface area contributed by atoms with Crippen molar-refractivity contribution in [3.8, 4) is 22.5 Å². The lowest BCUT2D eigenvalue weighted by molar-refractivity contribution is 0.0827. The van der Waals surface area contributed by atoms with Crippen LogP contribution < -0.4 is 15.4 Å². The lowest BCUT2D eigenvalue weighted by Crippen LogP contribution is -2.46. The van der Waals surface area contributed by atoms with Gasteiger partial charge in [-0.15, -0.1) is 0 Å². The van der Waals surface area contributed by atoms with E-state index in [1.54, 1.807) is 44.6 Å². The number of anilines is 2. The Morgan fingerprint density at radius 1 is 1.28 bits per heavy atom. The van der Waals surface area contributed by atoms with Gasteiger partial charge in [0.25, 0.3) is 5.91 Å². The minimum absolute atomic E-state index is 0.0815. The third kappa shape index (κ3) is 4.78. The van der Waals surface area contributed by atoms with Gasteiger partial charge in [-0.25, -0.2) is 4.98 Å². The zero-order valence-electron chi connectivity index (χ0n) is 18.2. The molecular formula is C21H25N7O3S. The van der Waals surface area contributed by atoms with Crippen LogP contribution in [0.25, 0.3) is 10.7 Å². The fourth-order valence-electron chi connectivity index (χ4n) is 3.31. The third-order valence-corrected chi connectivity index (χ3v) is 5.84. The van der Waals surface area contributed by atoms with Crippen molar-refractivity contribution in [2.75, 3.05) is 44.5 Å². The molecule has 0 bridgehead atoms. The van der Waals surface area contributed by atoms with Crippen LogP contribution in [0, 0.1) is 0 Å². The van der Waals surface area contributed by atoms with E-state index >= 15 is 0 Å². The van der Waals surface area contributed by atoms with Crippen molar-refractivity contribution in [1.82, 2.24) is 24.8 Å². The van der Waals surface area contributed by atoms with Gasteiger partial charge in [-0.1, -0.05) is 18.3 Å². The molecule has 2 N–H and O–H groups in total. The lowest BCUT2D eigenvalue weighted by atomic mass is 10.2. The Balaban J connectivity index is 1.67. The number of nitrogen functional groups attached to an aromatic ring is 1. The number of nitrogens with two attached hydrogens (primary N) is 1. The molecule has 11 heteroatoms. The summed E-state index contributed by atoms with van der Waals surface area (Å²) in [5, 5.41) is 0.434. The van der Waals surface area contributed by atoms with Gasteiger partial charge in [-0.05, 0) is 30.7 Å². The van der Waals surface area contributed by atoms with Crippen LogP contribution in [0.2, 0.25) is 0 Å². The highest BCUT2D eigenvalue weighted by molar-refractivity contribution is 7.18. The number of thiazole rings is 1. The summed E-state index contributed by atoms with van der Waals surface area (Å²) in [5.41, 5.74) is 6.38. The number of hydrogen-bond donors (Lipinski definition) is 1. The number of carbonyl (C=O) groups excluding carboxylic acids is 1. The highest BCUT2D eigenvalue weighted by Crippen LogP contribution is 2.29. The molecule has 1 aromatic carbocycles. The van der Waals surface area contributed by atoms with Crippen LogP contribution in [0.5, 0.6) is 11.8 Å². The second kappa shape index (κ2) is 9.45. The fourth-order valence-corrected chi connectivity index (χ4v) is 3.93. The Bertz CT molecular complexity index is 1090. The summed E-state index contributed by atoms with van der Waals surface area (Å²) < 4.78 is 11.6. The molecule has 10 nitrogen and oxygen atoms in total. The smallest absolute Gasteiger partial charge is 0.327 e. The molecule has 1 aliphatic heterocycles. The van der Waals surface area contributed by atoms with E-state index in [9.17, 15) is 4.79 Å². The Kier molecular flexibility index (Phi) is 6.47. The van der Waals surface area contributed by atoms with Crippen LogP contribution in [-0.2, 0) is 4.74 Å². The van der Waals surface area contributed by atoms with Crippen molar-refractivity contribution in [2.45, 2.75) is 19.4 Å². The van der Waals surface area contributed by atoms with Gasteiger partial charge in [-0.2, -0.15) is 15.0 Å². The van der Waals surface area contributed by atoms with Gasteiger partial charge in [0.1, 0.15) is 5.75 Å². The van der Waals surface area contributed by atoms with Crippen LogP contribution in [0.3, 0.4) is 0 Å². The summed E-state index contributed by atoms with van der Waals surface area (Å²) in [5.74, 6) is 1.40. The largest absolute Gasteiger partial charge is 0.424 e. The monoisotopic (exact) mass is 455 g/mol. The van der Waals surface area contributed by atoms with E-state index in [0.29, 0.717) is 48.0 Å². The highest BCUT2D eigenvalue weighted by Gasteiger charge is 2.26. The number of benzene rings is 1. The summed E-state index contributed by atoms with van der Waals surface area (Å²) in [7, 11) is 3.42. The summed E-state index contributed by atoms with van der Waals surface area (Å²) in [4.78, 5) is 34.3. The average Bonchev–Trinajstić information content (AvgIpc) is 3.25. The Morgan fingerprint density at radius 3 is 2.72 bits per heavy atom. The maximum absolute atomic E-state index is 12.1. The van der Waals surface area contributed by atoms with E-state index < -0.39 is 0 Å². The molecule has 3 heterocycles. The summed E-state index contributed by atoms with van der Waals surface area (Å²) in [6.07, 6.45) is 2.53. The first-order valence-corrected chi connectivity index (χ1v) is 11.1. The number of carbonyl (C=O) groups is 1. The minimum atomic E-state index is -0.0815. The van der Waals surface area contributed by atoms with Crippen LogP contribution in [0.4, 0.5) is 11.1 Å². The van der Waals surface area contributed by atoms with Gasteiger partial charge in [0, 0.05) is 26.2 Å². The lowest BCUT2D eigenvalue weighted by Gasteiger charge is -2.35. The van der Waals surface area contributed by atoms with E-state index in [4.69, 9.17) is 15.2 Å². The molecule has 2 aromatic heterocycles. The molecule has 1 aliphatic rings. The number of ether oxygens (including phenoxy) is 2. The Morgan fingerprint density at radius 2 is 2.06 bits per heavy atom. The topological polar surface area (TPSA) is 120 Å². The molecule has 3 aromatic rings. The molecular weight excluding hydrogens is 430 g/mol. The molecule has 1 fully saturated rings. The predicted molar refractivity (Wildman–Crippen MR) is 122 cm³/mol. The fraction of sp³-hybridized carbons (Fsp3) is 0.381. The van der Waals surface area contributed by atoms with Crippen molar-refractivity contribution >= 4 is 28.3 Å².